The molecule has 2 aliphatic heterocycles. The fourth-order valence-corrected chi connectivity index (χ4v) is 2.82. The molecule has 0 saturated heterocycles. The molecule has 4 N–H and O–H groups in total. The highest BCUT2D eigenvalue weighted by Gasteiger charge is 2.32. The predicted molar refractivity (Wildman–Crippen MR) is 65.4 cm³/mol. The van der Waals surface area contributed by atoms with E-state index in [-0.39, 0.29) is 0 Å². The lowest BCUT2D eigenvalue weighted by Gasteiger charge is -2.37. The van der Waals surface area contributed by atoms with Crippen LogP contribution in [0.2, 0.25) is 0 Å². The summed E-state index contributed by atoms with van der Waals surface area (Å²) in [5.74, 6) is 0.379. The zero-order valence-corrected chi connectivity index (χ0v) is 10.7. The standard InChI is InChI=1S/C9H17N5O2S/c1-13-8(10)6-5-14(17(2,15)16)4-3-7(6)12-9(13)11/h8H,3-5,10H2,1-2H3,(H2,11,12). The van der Waals surface area contributed by atoms with Crippen LogP contribution in [0, 0.1) is 0 Å². The van der Waals surface area contributed by atoms with Crippen molar-refractivity contribution in [3.05, 3.63) is 11.3 Å². The van der Waals surface area contributed by atoms with E-state index in [4.69, 9.17) is 11.5 Å². The lowest BCUT2D eigenvalue weighted by atomic mass is 10.0. The van der Waals surface area contributed by atoms with E-state index in [1.54, 1.807) is 11.9 Å². The van der Waals surface area contributed by atoms with E-state index in [1.807, 2.05) is 0 Å². The molecule has 0 fully saturated rings. The fourth-order valence-electron chi connectivity index (χ4n) is 2.02. The maximum Gasteiger partial charge on any atom is 0.211 e. The molecule has 0 radical (unpaired) electrons. The Bertz CT molecular complexity index is 496. The molecule has 0 aliphatic carbocycles. The van der Waals surface area contributed by atoms with Crippen molar-refractivity contribution in [3.8, 4) is 0 Å². The van der Waals surface area contributed by atoms with Crippen LogP contribution in [-0.2, 0) is 10.0 Å². The summed E-state index contributed by atoms with van der Waals surface area (Å²) in [5, 5.41) is 0. The van der Waals surface area contributed by atoms with E-state index in [0.717, 1.165) is 11.3 Å². The summed E-state index contributed by atoms with van der Waals surface area (Å²) in [7, 11) is -1.44. The van der Waals surface area contributed by atoms with E-state index in [2.05, 4.69) is 4.99 Å². The van der Waals surface area contributed by atoms with Gasteiger partial charge in [-0.1, -0.05) is 0 Å². The first kappa shape index (κ1) is 12.3. The first-order valence-corrected chi connectivity index (χ1v) is 7.15. The molecule has 1 unspecified atom stereocenters. The Morgan fingerprint density at radius 1 is 1.47 bits per heavy atom. The van der Waals surface area contributed by atoms with Crippen molar-refractivity contribution in [2.45, 2.75) is 12.6 Å². The summed E-state index contributed by atoms with van der Waals surface area (Å²) in [5.41, 5.74) is 13.4. The van der Waals surface area contributed by atoms with Crippen molar-refractivity contribution < 1.29 is 8.42 Å². The smallest absolute Gasteiger partial charge is 0.211 e. The molecular formula is C9H17N5O2S. The van der Waals surface area contributed by atoms with Gasteiger partial charge in [0.05, 0.1) is 6.26 Å². The Kier molecular flexibility index (Phi) is 2.88. The van der Waals surface area contributed by atoms with E-state index in [0.29, 0.717) is 25.5 Å². The van der Waals surface area contributed by atoms with E-state index >= 15 is 0 Å². The molecule has 0 aromatic rings. The third kappa shape index (κ3) is 2.15. The van der Waals surface area contributed by atoms with E-state index in [9.17, 15) is 8.42 Å². The number of nitrogens with two attached hydrogens (primary N) is 2. The SMILES string of the molecule is CN1C(N)=NC2=C(CN(S(C)(=O)=O)CC2)C1N. The molecule has 0 aromatic carbocycles. The molecule has 0 bridgehead atoms. The van der Waals surface area contributed by atoms with Crippen molar-refractivity contribution >= 4 is 16.0 Å². The predicted octanol–water partition coefficient (Wildman–Crippen LogP) is -1.55. The second-order valence-electron chi connectivity index (χ2n) is 4.34. The minimum atomic E-state index is -3.19. The first-order chi connectivity index (χ1) is 7.80. The lowest BCUT2D eigenvalue weighted by molar-refractivity contribution is 0.344. The Balaban J connectivity index is 2.33. The van der Waals surface area contributed by atoms with Gasteiger partial charge in [0, 0.05) is 37.8 Å². The van der Waals surface area contributed by atoms with Gasteiger partial charge >= 0.3 is 0 Å². The minimum absolute atomic E-state index is 0.302. The number of hydrogen-bond acceptors (Lipinski definition) is 6. The summed E-state index contributed by atoms with van der Waals surface area (Å²) in [6, 6.07) is 0. The average Bonchev–Trinajstić information content (AvgIpc) is 2.24. The van der Waals surface area contributed by atoms with Gasteiger partial charge in [0.2, 0.25) is 10.0 Å². The summed E-state index contributed by atoms with van der Waals surface area (Å²) >= 11 is 0. The monoisotopic (exact) mass is 259 g/mol. The van der Waals surface area contributed by atoms with Crippen LogP contribution in [0.1, 0.15) is 6.42 Å². The molecule has 0 aromatic heterocycles. The van der Waals surface area contributed by atoms with Gasteiger partial charge in [-0.25, -0.2) is 13.4 Å². The van der Waals surface area contributed by atoms with Gasteiger partial charge in [-0.15, -0.1) is 0 Å². The van der Waals surface area contributed by atoms with Crippen LogP contribution in [-0.4, -0.2) is 56.1 Å². The molecule has 96 valence electrons. The molecule has 2 aliphatic rings. The van der Waals surface area contributed by atoms with Gasteiger partial charge in [-0.2, -0.15) is 4.31 Å². The highest BCUT2D eigenvalue weighted by atomic mass is 32.2. The molecule has 2 heterocycles. The summed E-state index contributed by atoms with van der Waals surface area (Å²) in [6.45, 7) is 0.737. The molecule has 0 saturated carbocycles. The van der Waals surface area contributed by atoms with Gasteiger partial charge in [0.25, 0.3) is 0 Å². The Morgan fingerprint density at radius 3 is 2.71 bits per heavy atom. The molecule has 2 rings (SSSR count). The van der Waals surface area contributed by atoms with Gasteiger partial charge < -0.3 is 16.4 Å². The lowest BCUT2D eigenvalue weighted by Crippen LogP contribution is -2.53. The van der Waals surface area contributed by atoms with Crippen LogP contribution >= 0.6 is 0 Å². The molecular weight excluding hydrogens is 242 g/mol. The topological polar surface area (TPSA) is 105 Å². The van der Waals surface area contributed by atoms with Gasteiger partial charge in [0.15, 0.2) is 5.96 Å². The van der Waals surface area contributed by atoms with Crippen LogP contribution < -0.4 is 11.5 Å². The van der Waals surface area contributed by atoms with Gasteiger partial charge in [-0.3, -0.25) is 0 Å². The number of sulfonamides is 1. The zero-order chi connectivity index (χ0) is 12.8. The van der Waals surface area contributed by atoms with Crippen molar-refractivity contribution in [1.82, 2.24) is 9.21 Å². The third-order valence-electron chi connectivity index (χ3n) is 3.17. The number of hydrogen-bond donors (Lipinski definition) is 2. The van der Waals surface area contributed by atoms with Crippen LogP contribution in [0.4, 0.5) is 0 Å². The molecule has 7 nitrogen and oxygen atoms in total. The Morgan fingerprint density at radius 2 is 2.12 bits per heavy atom. The maximum atomic E-state index is 11.5. The normalized spacial score (nSPS) is 26.9. The summed E-state index contributed by atoms with van der Waals surface area (Å²) in [6.07, 6.45) is 1.37. The fraction of sp³-hybridized carbons (Fsp3) is 0.667. The summed E-state index contributed by atoms with van der Waals surface area (Å²) < 4.78 is 24.4. The van der Waals surface area contributed by atoms with Crippen LogP contribution in [0.5, 0.6) is 0 Å². The third-order valence-corrected chi connectivity index (χ3v) is 4.42. The number of aliphatic imine (C=N–C) groups is 1. The average molecular weight is 259 g/mol. The van der Waals surface area contributed by atoms with Gasteiger partial charge in [-0.05, 0) is 0 Å². The minimum Gasteiger partial charge on any atom is -0.369 e. The van der Waals surface area contributed by atoms with E-state index < -0.39 is 16.2 Å². The van der Waals surface area contributed by atoms with Crippen molar-refractivity contribution in [1.29, 1.82) is 0 Å². The molecule has 0 amide bonds. The quantitative estimate of drug-likeness (QED) is 0.593. The highest BCUT2D eigenvalue weighted by Crippen LogP contribution is 2.26. The highest BCUT2D eigenvalue weighted by molar-refractivity contribution is 7.88. The Hall–Kier alpha value is -1.12. The van der Waals surface area contributed by atoms with Crippen molar-refractivity contribution in [3.63, 3.8) is 0 Å². The largest absolute Gasteiger partial charge is 0.369 e. The first-order valence-electron chi connectivity index (χ1n) is 5.30. The molecule has 17 heavy (non-hydrogen) atoms. The van der Waals surface area contributed by atoms with E-state index in [1.165, 1.54) is 10.6 Å². The zero-order valence-electron chi connectivity index (χ0n) is 9.92. The number of likely N-dealkylation sites (N-methyl/N-ethyl adjacent to an activating group) is 1. The number of guanidine groups is 1. The Labute approximate surface area is 101 Å². The van der Waals surface area contributed by atoms with Gasteiger partial charge in [0.1, 0.15) is 6.17 Å². The maximum absolute atomic E-state index is 11.5. The van der Waals surface area contributed by atoms with Crippen molar-refractivity contribution in [2.24, 2.45) is 16.5 Å². The second-order valence-corrected chi connectivity index (χ2v) is 6.33. The number of nitrogens with zero attached hydrogens (tertiary/aromatic N) is 3. The van der Waals surface area contributed by atoms with Crippen LogP contribution in [0.25, 0.3) is 0 Å². The molecule has 8 heteroatoms. The van der Waals surface area contributed by atoms with Crippen LogP contribution in [0.3, 0.4) is 0 Å². The molecule has 0 spiro atoms. The molecule has 1 atom stereocenters. The van der Waals surface area contributed by atoms with Crippen LogP contribution in [0.15, 0.2) is 16.3 Å². The van der Waals surface area contributed by atoms with Crippen molar-refractivity contribution in [2.75, 3.05) is 26.4 Å². The number of rotatable bonds is 1. The summed E-state index contributed by atoms with van der Waals surface area (Å²) in [4.78, 5) is 5.89. The second kappa shape index (κ2) is 3.97.